The van der Waals surface area contributed by atoms with Crippen LogP contribution >= 0.6 is 0 Å². The van der Waals surface area contributed by atoms with E-state index >= 15 is 0 Å². The van der Waals surface area contributed by atoms with Crippen LogP contribution in [-0.4, -0.2) is 21.8 Å². The second-order valence-electron chi connectivity index (χ2n) is 1.51. The molecule has 0 radical (unpaired) electrons. The van der Waals surface area contributed by atoms with Crippen LogP contribution in [0.2, 0.25) is 0 Å². The second-order valence-corrected chi connectivity index (χ2v) is 1.51. The Balaban J connectivity index is 2.95. The molecule has 0 aromatic carbocycles. The summed E-state index contributed by atoms with van der Waals surface area (Å²) in [6.07, 6.45) is 0. The lowest BCUT2D eigenvalue weighted by molar-refractivity contribution is -0.878. The third kappa shape index (κ3) is 0.619. The van der Waals surface area contributed by atoms with Gasteiger partial charge in [0.2, 0.25) is 0 Å². The Labute approximate surface area is 49.6 Å². The van der Waals surface area contributed by atoms with E-state index in [-0.39, 0.29) is 4.92 Å². The Morgan fingerprint density at radius 1 is 2.00 bits per heavy atom. The molecular weight excluding hydrogens is 126 g/mol. The van der Waals surface area contributed by atoms with Crippen LogP contribution in [0, 0.1) is 4.91 Å². The summed E-state index contributed by atoms with van der Waals surface area (Å²) in [5, 5.41) is 16.6. The molecule has 1 atom stereocenters. The molecule has 48 valence electrons. The fraction of sp³-hybridized carbons (Fsp3) is 0.333. The maximum atomic E-state index is 10.1. The quantitative estimate of drug-likeness (QED) is 0.305. The Hall–Kier alpha value is -1.23. The van der Waals surface area contributed by atoms with E-state index in [2.05, 4.69) is 4.84 Å². The van der Waals surface area contributed by atoms with Crippen molar-refractivity contribution in [3.05, 3.63) is 16.0 Å². The van der Waals surface area contributed by atoms with E-state index in [0.29, 0.717) is 0 Å². The summed E-state index contributed by atoms with van der Waals surface area (Å²) in [6.45, 7) is 0. The molecular formula is C3H3N3O3. The van der Waals surface area contributed by atoms with Crippen molar-refractivity contribution < 1.29 is 14.9 Å². The molecule has 1 fully saturated rings. The molecule has 0 aliphatic carbocycles. The van der Waals surface area contributed by atoms with Crippen molar-refractivity contribution >= 4 is 5.87 Å². The predicted octanol–water partition coefficient (Wildman–Crippen LogP) is -1.56. The second kappa shape index (κ2) is 1.38. The van der Waals surface area contributed by atoms with Gasteiger partial charge < -0.3 is 10.5 Å². The van der Waals surface area contributed by atoms with Gasteiger partial charge in [-0.2, -0.15) is 10.7 Å². The van der Waals surface area contributed by atoms with E-state index in [9.17, 15) is 4.91 Å². The highest BCUT2D eigenvalue weighted by atomic mass is 16.9. The highest BCUT2D eigenvalue weighted by molar-refractivity contribution is 5.60. The first-order chi connectivity index (χ1) is 4.08. The molecule has 1 heterocycles. The van der Waals surface area contributed by atoms with Crippen molar-refractivity contribution in [3.63, 3.8) is 0 Å². The van der Waals surface area contributed by atoms with E-state index in [1.165, 1.54) is 5.87 Å². The SMILES string of the molecule is [N-]=C=C1[N+](=O)OC1(N)O. The molecule has 1 unspecified atom stereocenters. The normalized spacial score (nSPS) is 32.7. The van der Waals surface area contributed by atoms with Crippen molar-refractivity contribution in [3.8, 4) is 0 Å². The van der Waals surface area contributed by atoms with Gasteiger partial charge in [0.1, 0.15) is 0 Å². The Bertz CT molecular complexity index is 214. The van der Waals surface area contributed by atoms with Crippen molar-refractivity contribution in [2.45, 2.75) is 5.91 Å². The van der Waals surface area contributed by atoms with Gasteiger partial charge in [0.15, 0.2) is 0 Å². The molecule has 1 rings (SSSR count). The van der Waals surface area contributed by atoms with Crippen LogP contribution in [-0.2, 0) is 4.84 Å². The van der Waals surface area contributed by atoms with Gasteiger partial charge in [0.05, 0.1) is 4.91 Å². The predicted molar refractivity (Wildman–Crippen MR) is 25.7 cm³/mol. The highest BCUT2D eigenvalue weighted by Crippen LogP contribution is 2.22. The number of nitrogens with zero attached hydrogens (tertiary/aromatic N) is 2. The lowest BCUT2D eigenvalue weighted by atomic mass is 10.3. The molecule has 9 heavy (non-hydrogen) atoms. The molecule has 0 aromatic rings. The van der Waals surface area contributed by atoms with E-state index in [1.807, 2.05) is 0 Å². The first kappa shape index (κ1) is 5.90. The zero-order valence-corrected chi connectivity index (χ0v) is 4.24. The van der Waals surface area contributed by atoms with Gasteiger partial charge >= 0.3 is 11.6 Å². The number of hydrogen-bond acceptors (Lipinski definition) is 4. The number of hydrogen-bond donors (Lipinski definition) is 2. The molecule has 6 heteroatoms. The molecule has 1 aliphatic rings. The van der Waals surface area contributed by atoms with Gasteiger partial charge in [0, 0.05) is 0 Å². The van der Waals surface area contributed by atoms with Crippen LogP contribution in [0.1, 0.15) is 0 Å². The molecule has 1 aliphatic heterocycles. The fourth-order valence-electron chi connectivity index (χ4n) is 0.428. The summed E-state index contributed by atoms with van der Waals surface area (Å²) in [5.41, 5.74) is 4.26. The highest BCUT2D eigenvalue weighted by Gasteiger charge is 2.60. The molecule has 0 amide bonds. The zero-order chi connectivity index (χ0) is 7.07. The first-order valence-corrected chi connectivity index (χ1v) is 2.03. The van der Waals surface area contributed by atoms with Crippen LogP contribution in [0.4, 0.5) is 0 Å². The summed E-state index contributed by atoms with van der Waals surface area (Å²) >= 11 is 0. The molecule has 0 spiro atoms. The molecule has 6 nitrogen and oxygen atoms in total. The van der Waals surface area contributed by atoms with Crippen LogP contribution in [0.5, 0.6) is 0 Å². The monoisotopic (exact) mass is 129 g/mol. The Morgan fingerprint density at radius 2 is 2.56 bits per heavy atom. The summed E-state index contributed by atoms with van der Waals surface area (Å²) < 4.78 is 0. The van der Waals surface area contributed by atoms with Crippen molar-refractivity contribution in [2.24, 2.45) is 5.73 Å². The third-order valence-corrected chi connectivity index (χ3v) is 0.850. The van der Waals surface area contributed by atoms with Crippen molar-refractivity contribution in [1.29, 1.82) is 0 Å². The number of rotatable bonds is 0. The lowest BCUT2D eigenvalue weighted by Crippen LogP contribution is -2.58. The van der Waals surface area contributed by atoms with Gasteiger partial charge in [-0.15, -0.1) is 0 Å². The van der Waals surface area contributed by atoms with Crippen molar-refractivity contribution in [1.82, 2.24) is 0 Å². The number of aliphatic hydroxyl groups is 1. The largest absolute Gasteiger partial charge is 0.757 e. The van der Waals surface area contributed by atoms with E-state index in [0.717, 1.165) is 0 Å². The molecule has 0 bridgehead atoms. The summed E-state index contributed by atoms with van der Waals surface area (Å²) in [5.74, 6) is -0.799. The van der Waals surface area contributed by atoms with Gasteiger partial charge in [-0.25, -0.2) is 0 Å². The fourth-order valence-corrected chi connectivity index (χ4v) is 0.428. The molecule has 0 saturated carbocycles. The Morgan fingerprint density at radius 3 is 2.67 bits per heavy atom. The van der Waals surface area contributed by atoms with Gasteiger partial charge in [0.25, 0.3) is 4.92 Å². The minimum atomic E-state index is -2.17. The Kier molecular flexibility index (Phi) is 0.906. The maximum absolute atomic E-state index is 10.1. The average Bonchev–Trinajstić information content (AvgIpc) is 1.63. The van der Waals surface area contributed by atoms with Crippen LogP contribution in [0.3, 0.4) is 0 Å². The summed E-state index contributed by atoms with van der Waals surface area (Å²) in [6, 6.07) is 0. The zero-order valence-electron chi connectivity index (χ0n) is 4.24. The minimum Gasteiger partial charge on any atom is -0.757 e. The van der Waals surface area contributed by atoms with E-state index < -0.39 is 11.6 Å². The first-order valence-electron chi connectivity index (χ1n) is 2.03. The van der Waals surface area contributed by atoms with Crippen LogP contribution < -0.4 is 5.73 Å². The van der Waals surface area contributed by atoms with Gasteiger partial charge in [-0.1, -0.05) is 0 Å². The smallest absolute Gasteiger partial charge is 0.441 e. The lowest BCUT2D eigenvalue weighted by Gasteiger charge is -2.19. The minimum absolute atomic E-state index is 0.139. The standard InChI is InChI=1S/C3H3N3O3/c4-1-2-3(5,7)9-6(2)8/h7H,5H2. The average molecular weight is 129 g/mol. The summed E-state index contributed by atoms with van der Waals surface area (Å²) in [4.78, 5) is 13.8. The third-order valence-electron chi connectivity index (χ3n) is 0.850. The number of nitrogens with two attached hydrogens (primary N) is 1. The topological polar surface area (TPSA) is 97.9 Å². The van der Waals surface area contributed by atoms with E-state index in [4.69, 9.17) is 16.2 Å². The molecule has 3 N–H and O–H groups in total. The van der Waals surface area contributed by atoms with Crippen LogP contribution in [0.25, 0.3) is 5.41 Å². The maximum Gasteiger partial charge on any atom is 0.441 e. The molecule has 1 saturated heterocycles. The van der Waals surface area contributed by atoms with Gasteiger partial charge in [-0.05, 0) is 0 Å². The van der Waals surface area contributed by atoms with Crippen LogP contribution in [0.15, 0.2) is 5.70 Å². The van der Waals surface area contributed by atoms with Gasteiger partial charge in [-0.3, -0.25) is 5.73 Å². The molecule has 0 aromatic heterocycles. The summed E-state index contributed by atoms with van der Waals surface area (Å²) in [7, 11) is 0. The van der Waals surface area contributed by atoms with E-state index in [1.54, 1.807) is 0 Å². The van der Waals surface area contributed by atoms with Crippen molar-refractivity contribution in [2.75, 3.05) is 0 Å².